The number of nitrogens with zero attached hydrogens (tertiary/aromatic N) is 2. The Hall–Kier alpha value is -0.0800. The van der Waals surface area contributed by atoms with Gasteiger partial charge < -0.3 is 8.97 Å². The van der Waals surface area contributed by atoms with Gasteiger partial charge in [0.2, 0.25) is 0 Å². The Morgan fingerprint density at radius 3 is 0.464 bits per heavy atom. The standard InChI is InChI=1S/C38H80N.C13H30N.C3H8/c1-5-7-9-11-13-15-17-19-21-23-25-27-29-31-33-35-37-39(3,4)38-36-34-32-30-28-26-24-22-20-18-16-14-12-10-8-6-2;1-5-7-9-11-13-14(3,4)12-10-8-6-2;1-3-2/h5-38H2,1-4H3;5-13H2,1-4H3;3H2,1-2H3/q2*+1;. The number of hydrogen-bond acceptors (Lipinski definition) is 0. The van der Waals surface area contributed by atoms with E-state index in [9.17, 15) is 0 Å². The van der Waals surface area contributed by atoms with E-state index in [0.29, 0.717) is 0 Å². The van der Waals surface area contributed by atoms with Crippen LogP contribution in [0.1, 0.15) is 298 Å². The fourth-order valence-corrected chi connectivity index (χ4v) is 8.16. The summed E-state index contributed by atoms with van der Waals surface area (Å²) in [5.41, 5.74) is 0. The Kier molecular flexibility index (Phi) is 54.9. The lowest BCUT2D eigenvalue weighted by Crippen LogP contribution is -2.41. The van der Waals surface area contributed by atoms with Crippen LogP contribution in [0.3, 0.4) is 0 Å². The van der Waals surface area contributed by atoms with Crippen LogP contribution in [0.25, 0.3) is 0 Å². The van der Waals surface area contributed by atoms with Crippen LogP contribution in [0, 0.1) is 0 Å². The molecule has 0 N–H and O–H groups in total. The maximum atomic E-state index is 2.47. The molecule has 0 spiro atoms. The zero-order valence-electron chi connectivity index (χ0n) is 42.0. The third-order valence-corrected chi connectivity index (χ3v) is 12.2. The maximum Gasteiger partial charge on any atom is 0.0782 e. The topological polar surface area (TPSA) is 0 Å². The fourth-order valence-electron chi connectivity index (χ4n) is 8.16. The van der Waals surface area contributed by atoms with E-state index in [0.717, 1.165) is 0 Å². The van der Waals surface area contributed by atoms with Gasteiger partial charge in [-0.1, -0.05) is 247 Å². The van der Waals surface area contributed by atoms with Gasteiger partial charge in [0.1, 0.15) is 0 Å². The molecule has 0 fully saturated rings. The molecule has 0 aromatic heterocycles. The summed E-state index contributed by atoms with van der Waals surface area (Å²) >= 11 is 0. The van der Waals surface area contributed by atoms with E-state index in [1.54, 1.807) is 0 Å². The van der Waals surface area contributed by atoms with Crippen molar-refractivity contribution in [3.8, 4) is 0 Å². The van der Waals surface area contributed by atoms with Crippen LogP contribution in [-0.4, -0.2) is 63.3 Å². The molecule has 0 saturated carbocycles. The van der Waals surface area contributed by atoms with Gasteiger partial charge in [-0.05, 0) is 51.4 Å². The van der Waals surface area contributed by atoms with Crippen molar-refractivity contribution >= 4 is 0 Å². The molecule has 0 rings (SSSR count). The van der Waals surface area contributed by atoms with Gasteiger partial charge in [0.05, 0.1) is 54.4 Å². The van der Waals surface area contributed by atoms with Crippen molar-refractivity contribution in [2.45, 2.75) is 298 Å². The Labute approximate surface area is 360 Å². The van der Waals surface area contributed by atoms with E-state index in [1.165, 1.54) is 292 Å². The summed E-state index contributed by atoms with van der Waals surface area (Å²) in [5, 5.41) is 0. The third-order valence-electron chi connectivity index (χ3n) is 12.2. The van der Waals surface area contributed by atoms with Gasteiger partial charge in [-0.25, -0.2) is 0 Å². The van der Waals surface area contributed by atoms with Crippen LogP contribution in [0.4, 0.5) is 0 Å². The van der Waals surface area contributed by atoms with Crippen LogP contribution in [0.5, 0.6) is 0 Å². The van der Waals surface area contributed by atoms with E-state index in [4.69, 9.17) is 0 Å². The van der Waals surface area contributed by atoms with Crippen LogP contribution in [-0.2, 0) is 0 Å². The molecule has 0 aliphatic rings. The van der Waals surface area contributed by atoms with Crippen molar-refractivity contribution < 1.29 is 8.97 Å². The third kappa shape index (κ3) is 58.2. The number of rotatable bonds is 43. The van der Waals surface area contributed by atoms with E-state index < -0.39 is 0 Å². The van der Waals surface area contributed by atoms with E-state index in [1.807, 2.05) is 0 Å². The van der Waals surface area contributed by atoms with Gasteiger partial charge in [-0.3, -0.25) is 0 Å². The first kappa shape index (κ1) is 60.2. The summed E-state index contributed by atoms with van der Waals surface area (Å²) < 4.78 is 2.47. The first-order chi connectivity index (χ1) is 27.2. The first-order valence-corrected chi connectivity index (χ1v) is 26.8. The maximum absolute atomic E-state index is 2.47. The molecule has 0 heterocycles. The van der Waals surface area contributed by atoms with E-state index in [2.05, 4.69) is 69.7 Å². The van der Waals surface area contributed by atoms with Crippen LogP contribution < -0.4 is 0 Å². The Balaban J connectivity index is -0.00000137. The molecule has 0 unspecified atom stereocenters. The minimum absolute atomic E-state index is 1.23. The van der Waals surface area contributed by atoms with Crippen LogP contribution >= 0.6 is 0 Å². The highest BCUT2D eigenvalue weighted by atomic mass is 15.3. The average molecular weight is 796 g/mol. The highest BCUT2D eigenvalue weighted by molar-refractivity contribution is 4.52. The number of unbranched alkanes of at least 4 members (excludes halogenated alkanes) is 35. The average Bonchev–Trinajstić information content (AvgIpc) is 3.17. The Morgan fingerprint density at radius 2 is 0.286 bits per heavy atom. The lowest BCUT2D eigenvalue weighted by Gasteiger charge is -2.30. The van der Waals surface area contributed by atoms with Crippen LogP contribution in [0.15, 0.2) is 0 Å². The second-order valence-corrected chi connectivity index (χ2v) is 19.8. The molecule has 56 heavy (non-hydrogen) atoms. The quantitative estimate of drug-likeness (QED) is 0.0426. The summed E-state index contributed by atoms with van der Waals surface area (Å²) in [4.78, 5) is 0. The summed E-state index contributed by atoms with van der Waals surface area (Å²) in [6.07, 6.45) is 57.9. The summed E-state index contributed by atoms with van der Waals surface area (Å²) in [6, 6.07) is 0. The second-order valence-electron chi connectivity index (χ2n) is 19.8. The van der Waals surface area contributed by atoms with Gasteiger partial charge in [0, 0.05) is 0 Å². The van der Waals surface area contributed by atoms with Crippen molar-refractivity contribution in [2.24, 2.45) is 0 Å². The van der Waals surface area contributed by atoms with Crippen molar-refractivity contribution in [2.75, 3.05) is 54.4 Å². The van der Waals surface area contributed by atoms with E-state index >= 15 is 0 Å². The molecule has 0 bridgehead atoms. The SMILES string of the molecule is CCC.CCCCCCCCCCCCCCCCCC[N+](C)(C)CCCCCCCCCCCCCCCCCC.CCCCCC[N+](C)(C)CCCCC. The van der Waals surface area contributed by atoms with E-state index in [-0.39, 0.29) is 0 Å². The van der Waals surface area contributed by atoms with Crippen molar-refractivity contribution in [1.82, 2.24) is 0 Å². The normalized spacial score (nSPS) is 11.7. The van der Waals surface area contributed by atoms with Gasteiger partial charge in [-0.15, -0.1) is 0 Å². The molecule has 2 heteroatoms. The van der Waals surface area contributed by atoms with Gasteiger partial charge in [-0.2, -0.15) is 0 Å². The summed E-state index contributed by atoms with van der Waals surface area (Å²) in [5.74, 6) is 0. The molecule has 0 aromatic carbocycles. The molecule has 342 valence electrons. The van der Waals surface area contributed by atoms with Gasteiger partial charge in [0.25, 0.3) is 0 Å². The highest BCUT2D eigenvalue weighted by Gasteiger charge is 2.14. The number of hydrogen-bond donors (Lipinski definition) is 0. The monoisotopic (exact) mass is 795 g/mol. The molecule has 0 aliphatic heterocycles. The number of quaternary nitrogens is 2. The zero-order valence-corrected chi connectivity index (χ0v) is 42.0. The van der Waals surface area contributed by atoms with Gasteiger partial charge in [0.15, 0.2) is 0 Å². The van der Waals surface area contributed by atoms with Crippen molar-refractivity contribution in [3.63, 3.8) is 0 Å². The predicted octanol–water partition coefficient (Wildman–Crippen LogP) is 18.8. The molecule has 2 nitrogen and oxygen atoms in total. The molecular weight excluding hydrogens is 677 g/mol. The van der Waals surface area contributed by atoms with Crippen LogP contribution in [0.2, 0.25) is 0 Å². The molecule has 0 aromatic rings. The fraction of sp³-hybridized carbons (Fsp3) is 1.00. The Bertz CT molecular complexity index is 617. The summed E-state index contributed by atoms with van der Waals surface area (Å²) in [6.45, 7) is 18.9. The highest BCUT2D eigenvalue weighted by Crippen LogP contribution is 2.17. The molecule has 0 aliphatic carbocycles. The minimum Gasteiger partial charge on any atom is -0.328 e. The second kappa shape index (κ2) is 51.1. The molecule has 0 radical (unpaired) electrons. The smallest absolute Gasteiger partial charge is 0.0782 e. The van der Waals surface area contributed by atoms with Gasteiger partial charge >= 0.3 is 0 Å². The predicted molar refractivity (Wildman–Crippen MR) is 262 cm³/mol. The minimum atomic E-state index is 1.23. The zero-order chi connectivity index (χ0) is 42.1. The summed E-state index contributed by atoms with van der Waals surface area (Å²) in [7, 11) is 9.69. The molecule has 0 saturated heterocycles. The first-order valence-electron chi connectivity index (χ1n) is 26.8. The van der Waals surface area contributed by atoms with Crippen molar-refractivity contribution in [1.29, 1.82) is 0 Å². The lowest BCUT2D eigenvalue weighted by molar-refractivity contribution is -0.890. The molecule has 0 amide bonds. The molecular formula is C54H118N2+2. The van der Waals surface area contributed by atoms with Crippen molar-refractivity contribution in [3.05, 3.63) is 0 Å². The Morgan fingerprint density at radius 1 is 0.179 bits per heavy atom. The largest absolute Gasteiger partial charge is 0.328 e. The lowest BCUT2D eigenvalue weighted by atomic mass is 10.0. The molecule has 0 atom stereocenters.